The number of pyridine rings is 1. The van der Waals surface area contributed by atoms with Crippen molar-refractivity contribution in [2.45, 2.75) is 25.7 Å². The second-order valence-corrected chi connectivity index (χ2v) is 6.96. The largest absolute Gasteiger partial charge is 0.497 e. The van der Waals surface area contributed by atoms with Crippen LogP contribution in [0.3, 0.4) is 0 Å². The van der Waals surface area contributed by atoms with E-state index in [1.165, 1.54) is 6.07 Å². The Labute approximate surface area is 143 Å². The topological polar surface area (TPSA) is 71.5 Å². The summed E-state index contributed by atoms with van der Waals surface area (Å²) in [5, 5.41) is 0. The highest BCUT2D eigenvalue weighted by Crippen LogP contribution is 2.23. The van der Waals surface area contributed by atoms with E-state index < -0.39 is 10.0 Å². The Hall–Kier alpha value is -2.28. The van der Waals surface area contributed by atoms with Crippen molar-refractivity contribution in [3.63, 3.8) is 0 Å². The highest BCUT2D eigenvalue weighted by molar-refractivity contribution is 7.92. The lowest BCUT2D eigenvalue weighted by Crippen LogP contribution is -2.22. The number of nitrogens with zero attached hydrogens (tertiary/aromatic N) is 2. The number of sulfonamides is 1. The first-order valence-corrected chi connectivity index (χ1v) is 9.28. The summed E-state index contributed by atoms with van der Waals surface area (Å²) in [6.07, 6.45) is 1.67. The molecule has 0 aliphatic heterocycles. The standard InChI is InChI=1S/C17H23N3O3S/c1-5-20(6-2)14-7-10-17(18-12-14)19-24(21,22)16-9-8-15(23-4)11-13(16)3/h7-12H,5-6H2,1-4H3,(H,18,19). The molecule has 2 aromatic rings. The Balaban J connectivity index is 2.23. The second-order valence-electron chi connectivity index (χ2n) is 5.31. The first kappa shape index (κ1) is 18.1. The fourth-order valence-electron chi connectivity index (χ4n) is 2.47. The van der Waals surface area contributed by atoms with Gasteiger partial charge in [0.05, 0.1) is 23.9 Å². The predicted molar refractivity (Wildman–Crippen MR) is 96.3 cm³/mol. The summed E-state index contributed by atoms with van der Waals surface area (Å²) in [5.41, 5.74) is 1.57. The van der Waals surface area contributed by atoms with E-state index in [4.69, 9.17) is 4.74 Å². The number of nitrogens with one attached hydrogen (secondary N) is 1. The Bertz CT molecular complexity index is 785. The Morgan fingerprint density at radius 3 is 2.38 bits per heavy atom. The molecular formula is C17H23N3O3S. The third kappa shape index (κ3) is 3.97. The Morgan fingerprint density at radius 2 is 1.88 bits per heavy atom. The maximum absolute atomic E-state index is 12.6. The molecule has 0 atom stereocenters. The quantitative estimate of drug-likeness (QED) is 0.832. The van der Waals surface area contributed by atoms with Crippen LogP contribution >= 0.6 is 0 Å². The van der Waals surface area contributed by atoms with E-state index in [9.17, 15) is 8.42 Å². The zero-order valence-corrected chi connectivity index (χ0v) is 15.2. The van der Waals surface area contributed by atoms with Gasteiger partial charge in [0.1, 0.15) is 11.6 Å². The van der Waals surface area contributed by atoms with E-state index in [0.717, 1.165) is 18.8 Å². The number of ether oxygens (including phenoxy) is 1. The molecule has 6 nitrogen and oxygen atoms in total. The zero-order valence-electron chi connectivity index (χ0n) is 14.4. The summed E-state index contributed by atoms with van der Waals surface area (Å²) < 4.78 is 32.7. The van der Waals surface area contributed by atoms with Gasteiger partial charge in [0, 0.05) is 13.1 Å². The Morgan fingerprint density at radius 1 is 1.17 bits per heavy atom. The minimum atomic E-state index is -3.69. The monoisotopic (exact) mass is 349 g/mol. The molecule has 0 saturated heterocycles. The van der Waals surface area contributed by atoms with Gasteiger partial charge in [-0.1, -0.05) is 0 Å². The highest BCUT2D eigenvalue weighted by atomic mass is 32.2. The lowest BCUT2D eigenvalue weighted by molar-refractivity contribution is 0.414. The number of aryl methyl sites for hydroxylation is 1. The van der Waals surface area contributed by atoms with Crippen LogP contribution < -0.4 is 14.4 Å². The van der Waals surface area contributed by atoms with Gasteiger partial charge in [0.25, 0.3) is 10.0 Å². The fourth-order valence-corrected chi connectivity index (χ4v) is 3.70. The van der Waals surface area contributed by atoms with Crippen molar-refractivity contribution < 1.29 is 13.2 Å². The molecule has 1 N–H and O–H groups in total. The molecule has 1 aromatic heterocycles. The van der Waals surface area contributed by atoms with E-state index in [-0.39, 0.29) is 4.90 Å². The number of rotatable bonds is 7. The molecule has 0 aliphatic rings. The predicted octanol–water partition coefficient (Wildman–Crippen LogP) is 3.05. The number of aromatic nitrogens is 1. The Kier molecular flexibility index (Phi) is 5.66. The van der Waals surface area contributed by atoms with Crippen molar-refractivity contribution >= 4 is 21.5 Å². The number of hydrogen-bond acceptors (Lipinski definition) is 5. The third-order valence-electron chi connectivity index (χ3n) is 3.79. The molecule has 1 aromatic carbocycles. The van der Waals surface area contributed by atoms with E-state index >= 15 is 0 Å². The summed E-state index contributed by atoms with van der Waals surface area (Å²) in [5.74, 6) is 0.911. The summed E-state index contributed by atoms with van der Waals surface area (Å²) in [7, 11) is -2.15. The summed E-state index contributed by atoms with van der Waals surface area (Å²) in [4.78, 5) is 6.56. The van der Waals surface area contributed by atoms with Crippen molar-refractivity contribution in [2.24, 2.45) is 0 Å². The number of anilines is 2. The van der Waals surface area contributed by atoms with E-state index in [0.29, 0.717) is 17.1 Å². The van der Waals surface area contributed by atoms with Crippen molar-refractivity contribution in [3.8, 4) is 5.75 Å². The van der Waals surface area contributed by atoms with Gasteiger partial charge in [0.2, 0.25) is 0 Å². The maximum atomic E-state index is 12.6. The normalized spacial score (nSPS) is 11.2. The van der Waals surface area contributed by atoms with Crippen molar-refractivity contribution in [1.82, 2.24) is 4.98 Å². The first-order chi connectivity index (χ1) is 11.4. The molecule has 0 fully saturated rings. The molecule has 130 valence electrons. The molecule has 7 heteroatoms. The molecule has 0 amide bonds. The van der Waals surface area contributed by atoms with Crippen LogP contribution in [0.1, 0.15) is 19.4 Å². The van der Waals surface area contributed by atoms with Crippen LogP contribution in [0.25, 0.3) is 0 Å². The van der Waals surface area contributed by atoms with Crippen LogP contribution in [-0.4, -0.2) is 33.6 Å². The maximum Gasteiger partial charge on any atom is 0.263 e. The van der Waals surface area contributed by atoms with Gasteiger partial charge in [0.15, 0.2) is 0 Å². The van der Waals surface area contributed by atoms with E-state index in [1.807, 2.05) is 6.07 Å². The van der Waals surface area contributed by atoms with Gasteiger partial charge in [-0.15, -0.1) is 0 Å². The van der Waals surface area contributed by atoms with Gasteiger partial charge in [-0.05, 0) is 56.7 Å². The van der Waals surface area contributed by atoms with Crippen LogP contribution in [0.15, 0.2) is 41.4 Å². The fraction of sp³-hybridized carbons (Fsp3) is 0.353. The molecule has 0 bridgehead atoms. The van der Waals surface area contributed by atoms with Crippen LogP contribution in [0.4, 0.5) is 11.5 Å². The second kappa shape index (κ2) is 7.53. The van der Waals surface area contributed by atoms with Crippen LogP contribution in [0.2, 0.25) is 0 Å². The van der Waals surface area contributed by atoms with Gasteiger partial charge in [-0.25, -0.2) is 13.4 Å². The highest BCUT2D eigenvalue weighted by Gasteiger charge is 2.18. The minimum absolute atomic E-state index is 0.206. The minimum Gasteiger partial charge on any atom is -0.497 e. The van der Waals surface area contributed by atoms with Crippen LogP contribution in [0, 0.1) is 6.92 Å². The molecule has 24 heavy (non-hydrogen) atoms. The number of hydrogen-bond donors (Lipinski definition) is 1. The lowest BCUT2D eigenvalue weighted by atomic mass is 10.2. The lowest BCUT2D eigenvalue weighted by Gasteiger charge is -2.20. The number of benzene rings is 1. The van der Waals surface area contributed by atoms with E-state index in [1.54, 1.807) is 38.4 Å². The average Bonchev–Trinajstić information content (AvgIpc) is 2.56. The molecule has 0 aliphatic carbocycles. The first-order valence-electron chi connectivity index (χ1n) is 7.79. The molecule has 0 spiro atoms. The summed E-state index contributed by atoms with van der Waals surface area (Å²) >= 11 is 0. The SMILES string of the molecule is CCN(CC)c1ccc(NS(=O)(=O)c2ccc(OC)cc2C)nc1. The van der Waals surface area contributed by atoms with Gasteiger partial charge < -0.3 is 9.64 Å². The summed E-state index contributed by atoms with van der Waals surface area (Å²) in [6, 6.07) is 8.37. The molecule has 0 unspecified atom stereocenters. The van der Waals surface area contributed by atoms with Crippen molar-refractivity contribution in [2.75, 3.05) is 29.8 Å². The smallest absolute Gasteiger partial charge is 0.263 e. The van der Waals surface area contributed by atoms with Crippen LogP contribution in [0.5, 0.6) is 5.75 Å². The molecular weight excluding hydrogens is 326 g/mol. The summed E-state index contributed by atoms with van der Waals surface area (Å²) in [6.45, 7) is 7.59. The molecule has 0 saturated carbocycles. The third-order valence-corrected chi connectivity index (χ3v) is 5.30. The molecule has 2 rings (SSSR count). The van der Waals surface area contributed by atoms with E-state index in [2.05, 4.69) is 28.5 Å². The average molecular weight is 349 g/mol. The zero-order chi connectivity index (χ0) is 17.7. The molecule has 0 radical (unpaired) electrons. The van der Waals surface area contributed by atoms with Gasteiger partial charge in [-0.2, -0.15) is 0 Å². The van der Waals surface area contributed by atoms with Gasteiger partial charge in [-0.3, -0.25) is 4.72 Å². The van der Waals surface area contributed by atoms with Crippen LogP contribution in [-0.2, 0) is 10.0 Å². The number of methoxy groups -OCH3 is 1. The van der Waals surface area contributed by atoms with Crippen molar-refractivity contribution in [3.05, 3.63) is 42.1 Å². The molecule has 1 heterocycles. The van der Waals surface area contributed by atoms with Crippen molar-refractivity contribution in [1.29, 1.82) is 0 Å². The van der Waals surface area contributed by atoms with Gasteiger partial charge >= 0.3 is 0 Å².